The smallest absolute Gasteiger partial charge is 0.257 e. The van der Waals surface area contributed by atoms with E-state index in [4.69, 9.17) is 9.15 Å². The fourth-order valence-corrected chi connectivity index (χ4v) is 2.70. The first-order valence-corrected chi connectivity index (χ1v) is 7.51. The average molecular weight is 317 g/mol. The third-order valence-corrected chi connectivity index (χ3v) is 3.90. The monoisotopic (exact) mass is 317 g/mol. The second kappa shape index (κ2) is 6.19. The second-order valence-electron chi connectivity index (χ2n) is 4.51. The zero-order valence-electron chi connectivity index (χ0n) is 11.7. The molecule has 0 radical (unpaired) electrons. The third kappa shape index (κ3) is 2.96. The number of Topliss-reactive ketones (excluding diaryl/α,β-unsaturated/α-hetero) is 1. The summed E-state index contributed by atoms with van der Waals surface area (Å²) in [6, 6.07) is 11.5. The molecule has 0 N–H and O–H groups in total. The van der Waals surface area contributed by atoms with E-state index in [1.54, 1.807) is 0 Å². The molecule has 3 aromatic rings. The van der Waals surface area contributed by atoms with Crippen LogP contribution in [0.1, 0.15) is 10.4 Å². The van der Waals surface area contributed by atoms with Gasteiger partial charge in [-0.25, -0.2) is 9.37 Å². The lowest BCUT2D eigenvalue weighted by atomic mass is 10.1. The summed E-state index contributed by atoms with van der Waals surface area (Å²) in [4.78, 5) is 16.4. The van der Waals surface area contributed by atoms with Crippen molar-refractivity contribution in [3.8, 4) is 5.75 Å². The molecule has 0 bridgehead atoms. The molecule has 0 unspecified atom stereocenters. The molecular weight excluding hydrogens is 305 g/mol. The van der Waals surface area contributed by atoms with Gasteiger partial charge in [0.1, 0.15) is 5.52 Å². The number of aromatic nitrogens is 1. The molecule has 22 heavy (non-hydrogen) atoms. The van der Waals surface area contributed by atoms with Crippen LogP contribution in [-0.4, -0.2) is 23.6 Å². The highest BCUT2D eigenvalue weighted by Gasteiger charge is 2.13. The summed E-state index contributed by atoms with van der Waals surface area (Å²) in [6.45, 7) is 0. The quantitative estimate of drug-likeness (QED) is 0.527. The highest BCUT2D eigenvalue weighted by molar-refractivity contribution is 7.99. The number of rotatable bonds is 5. The predicted molar refractivity (Wildman–Crippen MR) is 82.0 cm³/mol. The van der Waals surface area contributed by atoms with Crippen LogP contribution in [-0.2, 0) is 0 Å². The number of nitrogens with zero attached hydrogens (tertiary/aromatic N) is 1. The molecule has 0 aliphatic carbocycles. The number of thioether (sulfide) groups is 1. The maximum absolute atomic E-state index is 13.6. The summed E-state index contributed by atoms with van der Waals surface area (Å²) in [6.07, 6.45) is 0. The van der Waals surface area contributed by atoms with Crippen LogP contribution < -0.4 is 4.74 Å². The molecule has 0 aliphatic heterocycles. The number of hydrogen-bond acceptors (Lipinski definition) is 5. The molecule has 4 nitrogen and oxygen atoms in total. The van der Waals surface area contributed by atoms with Crippen LogP contribution in [0.15, 0.2) is 52.1 Å². The first-order chi connectivity index (χ1) is 10.7. The van der Waals surface area contributed by atoms with Crippen LogP contribution in [0.2, 0.25) is 0 Å². The van der Waals surface area contributed by atoms with Crippen molar-refractivity contribution in [2.75, 3.05) is 12.9 Å². The van der Waals surface area contributed by atoms with Crippen LogP contribution in [0.5, 0.6) is 5.75 Å². The summed E-state index contributed by atoms with van der Waals surface area (Å²) in [5.74, 6) is -0.518. The molecule has 0 spiro atoms. The molecule has 0 aliphatic rings. The summed E-state index contributed by atoms with van der Waals surface area (Å²) in [5.41, 5.74) is 1.71. The Kier molecular flexibility index (Phi) is 4.11. The molecule has 6 heteroatoms. The maximum Gasteiger partial charge on any atom is 0.257 e. The van der Waals surface area contributed by atoms with Gasteiger partial charge in [-0.05, 0) is 30.3 Å². The fourth-order valence-electron chi connectivity index (χ4n) is 1.96. The van der Waals surface area contributed by atoms with Crippen LogP contribution in [0.4, 0.5) is 4.39 Å². The number of fused-ring (bicyclic) bond motifs is 1. The van der Waals surface area contributed by atoms with Crippen molar-refractivity contribution in [1.82, 2.24) is 4.98 Å². The first-order valence-electron chi connectivity index (χ1n) is 6.52. The molecule has 2 aromatic carbocycles. The molecule has 112 valence electrons. The topological polar surface area (TPSA) is 52.3 Å². The second-order valence-corrected chi connectivity index (χ2v) is 5.44. The largest absolute Gasteiger partial charge is 0.494 e. The van der Waals surface area contributed by atoms with Crippen LogP contribution in [0.3, 0.4) is 0 Å². The van der Waals surface area contributed by atoms with Crippen molar-refractivity contribution in [2.45, 2.75) is 5.22 Å². The number of hydrogen-bond donors (Lipinski definition) is 0. The van der Waals surface area contributed by atoms with Gasteiger partial charge < -0.3 is 9.15 Å². The van der Waals surface area contributed by atoms with E-state index in [0.29, 0.717) is 16.4 Å². The number of halogens is 1. The Balaban J connectivity index is 1.70. The van der Waals surface area contributed by atoms with Gasteiger partial charge in [0.25, 0.3) is 5.22 Å². The van der Waals surface area contributed by atoms with Gasteiger partial charge in [-0.15, -0.1) is 0 Å². The number of methoxy groups -OCH3 is 1. The third-order valence-electron chi connectivity index (χ3n) is 3.07. The lowest BCUT2D eigenvalue weighted by molar-refractivity contribution is 0.102. The first kappa shape index (κ1) is 14.6. The number of benzene rings is 2. The molecule has 0 fully saturated rings. The molecule has 0 saturated heterocycles. The lowest BCUT2D eigenvalue weighted by Gasteiger charge is -2.03. The average Bonchev–Trinajstić information content (AvgIpc) is 2.95. The molecule has 1 aromatic heterocycles. The zero-order valence-corrected chi connectivity index (χ0v) is 12.5. The van der Waals surface area contributed by atoms with Crippen molar-refractivity contribution in [3.05, 3.63) is 53.8 Å². The Morgan fingerprint density at radius 1 is 1.32 bits per heavy atom. The normalized spacial score (nSPS) is 10.8. The Hall–Kier alpha value is -2.34. The van der Waals surface area contributed by atoms with Gasteiger partial charge in [0.2, 0.25) is 0 Å². The molecule has 0 amide bonds. The minimum atomic E-state index is -0.555. The number of para-hydroxylation sites is 2. The minimum absolute atomic E-state index is 0.114. The van der Waals surface area contributed by atoms with E-state index in [1.807, 2.05) is 24.3 Å². The van der Waals surface area contributed by atoms with Crippen LogP contribution in [0, 0.1) is 5.82 Å². The number of oxazole rings is 1. The van der Waals surface area contributed by atoms with Gasteiger partial charge in [0, 0.05) is 5.56 Å². The van der Waals surface area contributed by atoms with E-state index in [1.165, 1.54) is 37.1 Å². The Morgan fingerprint density at radius 3 is 2.86 bits per heavy atom. The predicted octanol–water partition coefficient (Wildman–Crippen LogP) is 3.95. The molecule has 1 heterocycles. The van der Waals surface area contributed by atoms with Crippen molar-refractivity contribution in [3.63, 3.8) is 0 Å². The van der Waals surface area contributed by atoms with Gasteiger partial charge in [-0.1, -0.05) is 23.9 Å². The van der Waals surface area contributed by atoms with Crippen molar-refractivity contribution in [1.29, 1.82) is 0 Å². The van der Waals surface area contributed by atoms with Gasteiger partial charge in [0.15, 0.2) is 22.9 Å². The maximum atomic E-state index is 13.6. The highest BCUT2D eigenvalue weighted by Crippen LogP contribution is 2.24. The molecule has 0 saturated carbocycles. The Morgan fingerprint density at radius 2 is 2.14 bits per heavy atom. The van der Waals surface area contributed by atoms with Crippen LogP contribution >= 0.6 is 11.8 Å². The number of ketones is 1. The van der Waals surface area contributed by atoms with E-state index in [2.05, 4.69) is 4.98 Å². The van der Waals surface area contributed by atoms with Crippen molar-refractivity contribution in [2.24, 2.45) is 0 Å². The molecule has 0 atom stereocenters. The summed E-state index contributed by atoms with van der Waals surface area (Å²) in [7, 11) is 1.38. The van der Waals surface area contributed by atoms with E-state index >= 15 is 0 Å². The van der Waals surface area contributed by atoms with E-state index < -0.39 is 5.82 Å². The molecule has 3 rings (SSSR count). The Bertz CT molecular complexity index is 798. The zero-order chi connectivity index (χ0) is 15.5. The Labute approximate surface area is 130 Å². The van der Waals surface area contributed by atoms with Gasteiger partial charge in [-0.2, -0.15) is 0 Å². The van der Waals surface area contributed by atoms with Crippen molar-refractivity contribution < 1.29 is 18.3 Å². The van der Waals surface area contributed by atoms with Crippen molar-refractivity contribution >= 4 is 28.6 Å². The van der Waals surface area contributed by atoms with E-state index in [0.717, 1.165) is 5.52 Å². The molecular formula is C16H12FNO3S. The van der Waals surface area contributed by atoms with Crippen LogP contribution in [0.25, 0.3) is 11.1 Å². The standard InChI is InChI=1S/C16H12FNO3S/c1-20-14-7-6-10(8-11(14)17)13(19)9-22-16-18-12-4-2-3-5-15(12)21-16/h2-8H,9H2,1H3. The summed E-state index contributed by atoms with van der Waals surface area (Å²) < 4.78 is 23.9. The van der Waals surface area contributed by atoms with E-state index in [9.17, 15) is 9.18 Å². The number of ether oxygens (including phenoxy) is 1. The summed E-state index contributed by atoms with van der Waals surface area (Å²) >= 11 is 1.18. The number of carbonyl (C=O) groups excluding carboxylic acids is 1. The minimum Gasteiger partial charge on any atom is -0.494 e. The summed E-state index contributed by atoms with van der Waals surface area (Å²) in [5, 5.41) is 0.420. The lowest BCUT2D eigenvalue weighted by Crippen LogP contribution is -2.03. The number of carbonyl (C=O) groups is 1. The van der Waals surface area contributed by atoms with Gasteiger partial charge in [0.05, 0.1) is 12.9 Å². The van der Waals surface area contributed by atoms with Gasteiger partial charge in [-0.3, -0.25) is 4.79 Å². The van der Waals surface area contributed by atoms with E-state index in [-0.39, 0.29) is 17.3 Å². The SMILES string of the molecule is COc1ccc(C(=O)CSc2nc3ccccc3o2)cc1F. The van der Waals surface area contributed by atoms with Gasteiger partial charge >= 0.3 is 0 Å². The highest BCUT2D eigenvalue weighted by atomic mass is 32.2. The fraction of sp³-hybridized carbons (Fsp3) is 0.125.